The van der Waals surface area contributed by atoms with Gasteiger partial charge in [0.2, 0.25) is 0 Å². The van der Waals surface area contributed by atoms with Crippen LogP contribution in [-0.2, 0) is 4.74 Å². The zero-order chi connectivity index (χ0) is 18.3. The molecule has 0 aliphatic heterocycles. The second-order valence-electron chi connectivity index (χ2n) is 6.69. The third-order valence-corrected chi connectivity index (χ3v) is 3.50. The topological polar surface area (TPSA) is 59.6 Å². The fourth-order valence-electron chi connectivity index (χ4n) is 2.39. The summed E-state index contributed by atoms with van der Waals surface area (Å²) < 4.78 is 10.7. The van der Waals surface area contributed by atoms with Gasteiger partial charge in [-0.15, -0.1) is 0 Å². The molecular formula is C20H26N2O3. The number of hydrogen-bond donors (Lipinski definition) is 2. The van der Waals surface area contributed by atoms with Gasteiger partial charge in [-0.25, -0.2) is 4.79 Å². The van der Waals surface area contributed by atoms with Gasteiger partial charge in [0.15, 0.2) is 0 Å². The summed E-state index contributed by atoms with van der Waals surface area (Å²) in [4.78, 5) is 12.2. The first kappa shape index (κ1) is 18.6. The van der Waals surface area contributed by atoms with E-state index in [0.29, 0.717) is 6.54 Å². The van der Waals surface area contributed by atoms with Crippen molar-refractivity contribution in [3.63, 3.8) is 0 Å². The molecule has 2 rings (SSSR count). The SMILES string of the molecule is COc1ccccc1NCC(NC(=O)OC(C)(C)C)c1ccccc1. The first-order valence-corrected chi connectivity index (χ1v) is 8.30. The maximum Gasteiger partial charge on any atom is 0.408 e. The Morgan fingerprint density at radius 1 is 1.04 bits per heavy atom. The quantitative estimate of drug-likeness (QED) is 0.818. The van der Waals surface area contributed by atoms with Gasteiger partial charge in [0.05, 0.1) is 18.8 Å². The zero-order valence-electron chi connectivity index (χ0n) is 15.2. The molecule has 5 nitrogen and oxygen atoms in total. The lowest BCUT2D eigenvalue weighted by Crippen LogP contribution is -2.37. The molecule has 0 spiro atoms. The smallest absolute Gasteiger partial charge is 0.408 e. The Kier molecular flexibility index (Phi) is 6.28. The van der Waals surface area contributed by atoms with E-state index in [1.165, 1.54) is 0 Å². The Labute approximate surface area is 149 Å². The number of rotatable bonds is 6. The fraction of sp³-hybridized carbons (Fsp3) is 0.350. The van der Waals surface area contributed by atoms with Crippen molar-refractivity contribution in [2.45, 2.75) is 32.4 Å². The summed E-state index contributed by atoms with van der Waals surface area (Å²) in [6, 6.07) is 17.2. The van der Waals surface area contributed by atoms with Crippen LogP contribution in [0.5, 0.6) is 5.75 Å². The second-order valence-corrected chi connectivity index (χ2v) is 6.69. The van der Waals surface area contributed by atoms with Crippen molar-refractivity contribution in [1.29, 1.82) is 0 Å². The molecule has 2 aromatic carbocycles. The number of alkyl carbamates (subject to hydrolysis) is 1. The van der Waals surface area contributed by atoms with Crippen molar-refractivity contribution in [1.82, 2.24) is 5.32 Å². The largest absolute Gasteiger partial charge is 0.495 e. The zero-order valence-corrected chi connectivity index (χ0v) is 15.2. The van der Waals surface area contributed by atoms with Crippen LogP contribution in [0, 0.1) is 0 Å². The van der Waals surface area contributed by atoms with Crippen LogP contribution < -0.4 is 15.4 Å². The van der Waals surface area contributed by atoms with E-state index in [0.717, 1.165) is 17.0 Å². The molecule has 0 aliphatic carbocycles. The van der Waals surface area contributed by atoms with Crippen LogP contribution in [0.1, 0.15) is 32.4 Å². The molecule has 0 radical (unpaired) electrons. The van der Waals surface area contributed by atoms with E-state index in [-0.39, 0.29) is 6.04 Å². The van der Waals surface area contributed by atoms with E-state index >= 15 is 0 Å². The van der Waals surface area contributed by atoms with Crippen molar-refractivity contribution in [2.24, 2.45) is 0 Å². The summed E-state index contributed by atoms with van der Waals surface area (Å²) in [5.41, 5.74) is 1.33. The Morgan fingerprint density at radius 2 is 1.68 bits per heavy atom. The number of carbonyl (C=O) groups is 1. The van der Waals surface area contributed by atoms with Gasteiger partial charge in [-0.05, 0) is 38.5 Å². The molecule has 5 heteroatoms. The normalized spacial score (nSPS) is 12.2. The summed E-state index contributed by atoms with van der Waals surface area (Å²) in [5.74, 6) is 0.756. The molecular weight excluding hydrogens is 316 g/mol. The Bertz CT molecular complexity index is 681. The van der Waals surface area contributed by atoms with E-state index in [9.17, 15) is 4.79 Å². The monoisotopic (exact) mass is 342 g/mol. The number of anilines is 1. The number of carbonyl (C=O) groups excluding carboxylic acids is 1. The van der Waals surface area contributed by atoms with Crippen LogP contribution in [0.3, 0.4) is 0 Å². The molecule has 2 N–H and O–H groups in total. The summed E-state index contributed by atoms with van der Waals surface area (Å²) >= 11 is 0. The molecule has 1 amide bonds. The highest BCUT2D eigenvalue weighted by atomic mass is 16.6. The molecule has 0 aromatic heterocycles. The van der Waals surface area contributed by atoms with E-state index in [2.05, 4.69) is 10.6 Å². The molecule has 0 aliphatic rings. The van der Waals surface area contributed by atoms with Crippen LogP contribution in [0.25, 0.3) is 0 Å². The molecule has 0 bridgehead atoms. The molecule has 0 fully saturated rings. The van der Waals surface area contributed by atoms with Crippen LogP contribution in [0.2, 0.25) is 0 Å². The minimum atomic E-state index is -0.540. The molecule has 0 saturated heterocycles. The van der Waals surface area contributed by atoms with Crippen molar-refractivity contribution in [2.75, 3.05) is 19.0 Å². The third kappa shape index (κ3) is 6.03. The average molecular weight is 342 g/mol. The first-order valence-electron chi connectivity index (χ1n) is 8.30. The third-order valence-electron chi connectivity index (χ3n) is 3.50. The Balaban J connectivity index is 2.11. The van der Waals surface area contributed by atoms with Gasteiger partial charge >= 0.3 is 6.09 Å². The summed E-state index contributed by atoms with van der Waals surface area (Å²) in [5, 5.41) is 6.27. The van der Waals surface area contributed by atoms with Gasteiger partial charge in [-0.2, -0.15) is 0 Å². The number of methoxy groups -OCH3 is 1. The van der Waals surface area contributed by atoms with E-state index in [1.54, 1.807) is 7.11 Å². The summed E-state index contributed by atoms with van der Waals surface area (Å²) in [6.07, 6.45) is -0.442. The summed E-state index contributed by atoms with van der Waals surface area (Å²) in [6.45, 7) is 6.04. The number of hydrogen-bond acceptors (Lipinski definition) is 4. The van der Waals surface area contributed by atoms with Crippen LogP contribution in [0.15, 0.2) is 54.6 Å². The second kappa shape index (κ2) is 8.42. The van der Waals surface area contributed by atoms with Gasteiger partial charge in [0, 0.05) is 6.54 Å². The van der Waals surface area contributed by atoms with Gasteiger partial charge in [-0.1, -0.05) is 42.5 Å². The number of nitrogens with one attached hydrogen (secondary N) is 2. The molecule has 25 heavy (non-hydrogen) atoms. The Morgan fingerprint density at radius 3 is 2.32 bits per heavy atom. The van der Waals surface area contributed by atoms with E-state index in [1.807, 2.05) is 75.4 Å². The standard InChI is InChI=1S/C20H26N2O3/c1-20(2,3)25-19(23)22-17(15-10-6-5-7-11-15)14-21-16-12-8-9-13-18(16)24-4/h5-13,17,21H,14H2,1-4H3,(H,22,23). The summed E-state index contributed by atoms with van der Waals surface area (Å²) in [7, 11) is 1.63. The molecule has 2 aromatic rings. The maximum atomic E-state index is 12.2. The molecule has 1 atom stereocenters. The van der Waals surface area contributed by atoms with Crippen LogP contribution in [0.4, 0.5) is 10.5 Å². The van der Waals surface area contributed by atoms with E-state index < -0.39 is 11.7 Å². The number of ether oxygens (including phenoxy) is 2. The maximum absolute atomic E-state index is 12.2. The predicted molar refractivity (Wildman–Crippen MR) is 100 cm³/mol. The molecule has 0 saturated carbocycles. The minimum absolute atomic E-state index is 0.235. The van der Waals surface area contributed by atoms with Gasteiger partial charge < -0.3 is 20.1 Å². The molecule has 0 heterocycles. The highest BCUT2D eigenvalue weighted by molar-refractivity contribution is 5.68. The van der Waals surface area contributed by atoms with Crippen molar-refractivity contribution in [3.05, 3.63) is 60.2 Å². The van der Waals surface area contributed by atoms with Gasteiger partial charge in [-0.3, -0.25) is 0 Å². The molecule has 134 valence electrons. The number of para-hydroxylation sites is 2. The first-order chi connectivity index (χ1) is 11.9. The van der Waals surface area contributed by atoms with Crippen molar-refractivity contribution in [3.8, 4) is 5.75 Å². The molecule has 1 unspecified atom stereocenters. The lowest BCUT2D eigenvalue weighted by molar-refractivity contribution is 0.0506. The lowest BCUT2D eigenvalue weighted by Gasteiger charge is -2.24. The van der Waals surface area contributed by atoms with Crippen LogP contribution >= 0.6 is 0 Å². The van der Waals surface area contributed by atoms with Gasteiger partial charge in [0.1, 0.15) is 11.4 Å². The Hall–Kier alpha value is -2.69. The van der Waals surface area contributed by atoms with Crippen molar-refractivity contribution < 1.29 is 14.3 Å². The fourth-order valence-corrected chi connectivity index (χ4v) is 2.39. The van der Waals surface area contributed by atoms with Crippen LogP contribution in [-0.4, -0.2) is 25.3 Å². The van der Waals surface area contributed by atoms with E-state index in [4.69, 9.17) is 9.47 Å². The minimum Gasteiger partial charge on any atom is -0.495 e. The average Bonchev–Trinajstić information content (AvgIpc) is 2.58. The number of benzene rings is 2. The van der Waals surface area contributed by atoms with Crippen molar-refractivity contribution >= 4 is 11.8 Å². The number of amides is 1. The predicted octanol–water partition coefficient (Wildman–Crippen LogP) is 4.37. The highest BCUT2D eigenvalue weighted by Gasteiger charge is 2.20. The lowest BCUT2D eigenvalue weighted by atomic mass is 10.1. The highest BCUT2D eigenvalue weighted by Crippen LogP contribution is 2.24. The van der Waals surface area contributed by atoms with Gasteiger partial charge in [0.25, 0.3) is 0 Å².